The molecule has 1 aromatic carbocycles. The summed E-state index contributed by atoms with van der Waals surface area (Å²) in [5, 5.41) is 2.88. The van der Waals surface area contributed by atoms with E-state index in [9.17, 15) is 22.8 Å². The molecule has 0 bridgehead atoms. The molecule has 2 amide bonds. The number of carbonyl (C=O) groups excluding carboxylic acids is 2. The second-order valence-corrected chi connectivity index (χ2v) is 4.66. The average Bonchev–Trinajstić information content (AvgIpc) is 2.45. The Kier molecular flexibility index (Phi) is 4.17. The first-order valence-electron chi connectivity index (χ1n) is 6.29. The maximum atomic E-state index is 13.0. The van der Waals surface area contributed by atoms with Crippen LogP contribution in [0.25, 0.3) is 0 Å². The molecule has 3 N–H and O–H groups in total. The van der Waals surface area contributed by atoms with Crippen molar-refractivity contribution in [3.63, 3.8) is 0 Å². The summed E-state index contributed by atoms with van der Waals surface area (Å²) < 4.78 is 38.9. The number of alkyl halides is 3. The third-order valence-corrected chi connectivity index (χ3v) is 3.30. The van der Waals surface area contributed by atoms with Gasteiger partial charge in [0.1, 0.15) is 6.04 Å². The van der Waals surface area contributed by atoms with Gasteiger partial charge in [0.2, 0.25) is 5.91 Å². The van der Waals surface area contributed by atoms with Crippen LogP contribution in [0, 0.1) is 0 Å². The minimum Gasteiger partial charge on any atom is -0.368 e. The first kappa shape index (κ1) is 15.3. The molecule has 0 radical (unpaired) electrons. The number of amides is 2. The number of nitrogens with one attached hydrogen (secondary N) is 1. The van der Waals surface area contributed by atoms with Gasteiger partial charge in [0.05, 0.1) is 11.1 Å². The number of rotatable bonds is 2. The summed E-state index contributed by atoms with van der Waals surface area (Å²) in [5.41, 5.74) is 3.71. The van der Waals surface area contributed by atoms with Crippen molar-refractivity contribution in [1.29, 1.82) is 0 Å². The van der Waals surface area contributed by atoms with E-state index in [-0.39, 0.29) is 13.1 Å². The molecule has 21 heavy (non-hydrogen) atoms. The van der Waals surface area contributed by atoms with Crippen LogP contribution < -0.4 is 11.1 Å². The predicted molar refractivity (Wildman–Crippen MR) is 68.3 cm³/mol. The third-order valence-electron chi connectivity index (χ3n) is 3.30. The number of nitrogens with two attached hydrogens (primary N) is 1. The highest BCUT2D eigenvalue weighted by Gasteiger charge is 2.38. The summed E-state index contributed by atoms with van der Waals surface area (Å²) in [6.07, 6.45) is -4.64. The highest BCUT2D eigenvalue weighted by molar-refractivity contribution is 5.98. The number of nitrogens with zero attached hydrogens (tertiary/aromatic N) is 1. The predicted octanol–water partition coefficient (Wildman–Crippen LogP) is 0.605. The minimum absolute atomic E-state index is 0.124. The smallest absolute Gasteiger partial charge is 0.368 e. The van der Waals surface area contributed by atoms with Gasteiger partial charge in [-0.3, -0.25) is 9.59 Å². The van der Waals surface area contributed by atoms with Gasteiger partial charge in [-0.15, -0.1) is 0 Å². The van der Waals surface area contributed by atoms with Crippen LogP contribution in [0.2, 0.25) is 0 Å². The maximum absolute atomic E-state index is 13.0. The molecule has 1 unspecified atom stereocenters. The Morgan fingerprint density at radius 2 is 1.95 bits per heavy atom. The zero-order chi connectivity index (χ0) is 15.6. The van der Waals surface area contributed by atoms with Crippen LogP contribution >= 0.6 is 0 Å². The summed E-state index contributed by atoms with van der Waals surface area (Å²) in [7, 11) is 0. The number of benzene rings is 1. The maximum Gasteiger partial charge on any atom is 0.417 e. The number of carbonyl (C=O) groups is 2. The number of hydrogen-bond donors (Lipinski definition) is 2. The van der Waals surface area contributed by atoms with Gasteiger partial charge in [-0.2, -0.15) is 13.2 Å². The molecule has 8 heteroatoms. The van der Waals surface area contributed by atoms with Crippen LogP contribution in [0.3, 0.4) is 0 Å². The lowest BCUT2D eigenvalue weighted by molar-refractivity contribution is -0.138. The van der Waals surface area contributed by atoms with Crippen molar-refractivity contribution in [2.24, 2.45) is 5.73 Å². The van der Waals surface area contributed by atoms with Crippen molar-refractivity contribution < 1.29 is 22.8 Å². The van der Waals surface area contributed by atoms with Crippen molar-refractivity contribution in [3.05, 3.63) is 35.4 Å². The Labute approximate surface area is 118 Å². The topological polar surface area (TPSA) is 75.4 Å². The summed E-state index contributed by atoms with van der Waals surface area (Å²) in [6.45, 7) is 0.650. The molecule has 1 fully saturated rings. The van der Waals surface area contributed by atoms with Gasteiger partial charge in [0.15, 0.2) is 0 Å². The lowest BCUT2D eigenvalue weighted by Gasteiger charge is -2.34. The van der Waals surface area contributed by atoms with Crippen molar-refractivity contribution in [3.8, 4) is 0 Å². The van der Waals surface area contributed by atoms with E-state index in [0.717, 1.165) is 17.0 Å². The van der Waals surface area contributed by atoms with Gasteiger partial charge in [0, 0.05) is 19.6 Å². The minimum atomic E-state index is -4.64. The molecule has 1 aliphatic rings. The average molecular weight is 301 g/mol. The highest BCUT2D eigenvalue weighted by atomic mass is 19.4. The zero-order valence-corrected chi connectivity index (χ0v) is 11.0. The fourth-order valence-corrected chi connectivity index (χ4v) is 2.27. The largest absolute Gasteiger partial charge is 0.417 e. The van der Waals surface area contributed by atoms with Crippen molar-refractivity contribution in [2.75, 3.05) is 19.6 Å². The van der Waals surface area contributed by atoms with Crippen LogP contribution in [-0.2, 0) is 11.0 Å². The van der Waals surface area contributed by atoms with E-state index in [0.29, 0.717) is 6.54 Å². The van der Waals surface area contributed by atoms with Crippen LogP contribution in [0.15, 0.2) is 24.3 Å². The standard InChI is InChI=1S/C13H14F3N3O2/c14-13(15,16)9-4-2-1-3-8(9)12(21)19-6-5-18-7-10(19)11(17)20/h1-4,10,18H,5-7H2,(H2,17,20). The second kappa shape index (κ2) is 5.72. The van der Waals surface area contributed by atoms with Gasteiger partial charge in [-0.25, -0.2) is 0 Å². The van der Waals surface area contributed by atoms with Crippen LogP contribution in [0.4, 0.5) is 13.2 Å². The molecular formula is C13H14F3N3O2. The lowest BCUT2D eigenvalue weighted by atomic mass is 10.0. The normalized spacial score (nSPS) is 19.4. The molecule has 1 atom stereocenters. The molecule has 0 spiro atoms. The summed E-state index contributed by atoms with van der Waals surface area (Å²) in [6, 6.07) is 3.56. The van der Waals surface area contributed by atoms with Crippen LogP contribution in [0.1, 0.15) is 15.9 Å². The Hall–Kier alpha value is -2.09. The fraction of sp³-hybridized carbons (Fsp3) is 0.385. The summed E-state index contributed by atoms with van der Waals surface area (Å²) in [5.74, 6) is -1.59. The van der Waals surface area contributed by atoms with Crippen molar-refractivity contribution in [1.82, 2.24) is 10.2 Å². The molecule has 2 rings (SSSR count). The molecule has 0 aromatic heterocycles. The van der Waals surface area contributed by atoms with E-state index in [4.69, 9.17) is 5.73 Å². The Bertz CT molecular complexity index is 560. The Morgan fingerprint density at radius 3 is 2.57 bits per heavy atom. The third kappa shape index (κ3) is 3.15. The number of hydrogen-bond acceptors (Lipinski definition) is 3. The molecule has 0 saturated carbocycles. The molecule has 1 aromatic rings. The van der Waals surface area contributed by atoms with Crippen molar-refractivity contribution in [2.45, 2.75) is 12.2 Å². The monoisotopic (exact) mass is 301 g/mol. The Morgan fingerprint density at radius 1 is 1.29 bits per heavy atom. The van der Waals surface area contributed by atoms with Crippen LogP contribution in [0.5, 0.6) is 0 Å². The van der Waals surface area contributed by atoms with Gasteiger partial charge in [-0.05, 0) is 12.1 Å². The summed E-state index contributed by atoms with van der Waals surface area (Å²) >= 11 is 0. The van der Waals surface area contributed by atoms with E-state index < -0.39 is 35.2 Å². The first-order valence-corrected chi connectivity index (χ1v) is 6.29. The fourth-order valence-electron chi connectivity index (χ4n) is 2.27. The zero-order valence-electron chi connectivity index (χ0n) is 11.0. The lowest BCUT2D eigenvalue weighted by Crippen LogP contribution is -2.58. The molecular weight excluding hydrogens is 287 g/mol. The van der Waals surface area contributed by atoms with E-state index in [1.807, 2.05) is 0 Å². The van der Waals surface area contributed by atoms with E-state index in [1.54, 1.807) is 0 Å². The van der Waals surface area contributed by atoms with Gasteiger partial charge >= 0.3 is 6.18 Å². The second-order valence-electron chi connectivity index (χ2n) is 4.66. The van der Waals surface area contributed by atoms with Gasteiger partial charge < -0.3 is 16.0 Å². The van der Waals surface area contributed by atoms with E-state index in [2.05, 4.69) is 5.32 Å². The Balaban J connectivity index is 2.37. The highest BCUT2D eigenvalue weighted by Crippen LogP contribution is 2.32. The van der Waals surface area contributed by atoms with E-state index in [1.165, 1.54) is 12.1 Å². The van der Waals surface area contributed by atoms with Crippen LogP contribution in [-0.4, -0.2) is 42.4 Å². The summed E-state index contributed by atoms with van der Waals surface area (Å²) in [4.78, 5) is 24.8. The molecule has 0 aliphatic carbocycles. The first-order chi connectivity index (χ1) is 9.82. The van der Waals surface area contributed by atoms with Gasteiger partial charge in [0.25, 0.3) is 5.91 Å². The molecule has 5 nitrogen and oxygen atoms in total. The quantitative estimate of drug-likeness (QED) is 0.840. The number of halogens is 3. The SMILES string of the molecule is NC(=O)C1CNCCN1C(=O)c1ccccc1C(F)(F)F. The number of primary amides is 1. The van der Waals surface area contributed by atoms with Crippen molar-refractivity contribution >= 4 is 11.8 Å². The molecule has 1 saturated heterocycles. The van der Waals surface area contributed by atoms with Gasteiger partial charge in [-0.1, -0.05) is 12.1 Å². The molecule has 1 heterocycles. The van der Waals surface area contributed by atoms with E-state index >= 15 is 0 Å². The molecule has 114 valence electrons. The molecule has 1 aliphatic heterocycles. The number of piperazine rings is 1.